The van der Waals surface area contributed by atoms with Crippen LogP contribution in [0.25, 0.3) is 0 Å². The second-order valence-electron chi connectivity index (χ2n) is 5.65. The summed E-state index contributed by atoms with van der Waals surface area (Å²) in [6.07, 6.45) is 0. The zero-order chi connectivity index (χ0) is 32.7. The number of phenolic OH excluding ortho intramolecular Hbond substituents is 4. The molecule has 0 aliphatic rings. The van der Waals surface area contributed by atoms with Crippen LogP contribution in [0.2, 0.25) is 0 Å². The van der Waals surface area contributed by atoms with Crippen LogP contribution >= 0.6 is 24.1 Å². The number of hydrogen-bond acceptors (Lipinski definition) is 25. The third kappa shape index (κ3) is 20.8. The molecule has 2 aromatic carbocycles. The molecule has 24 nitrogen and oxygen atoms in total. The van der Waals surface area contributed by atoms with E-state index in [0.29, 0.717) is 12.0 Å². The van der Waals surface area contributed by atoms with E-state index in [1.807, 2.05) is 0 Å². The van der Waals surface area contributed by atoms with Gasteiger partial charge in [0.05, 0.1) is 24.1 Å². The Morgan fingerprint density at radius 3 is 1.56 bits per heavy atom. The van der Waals surface area contributed by atoms with Gasteiger partial charge in [0, 0.05) is 9.79 Å². The van der Waals surface area contributed by atoms with E-state index in [1.165, 1.54) is 0 Å². The first-order chi connectivity index (χ1) is 19.4. The fourth-order valence-electron chi connectivity index (χ4n) is 1.82. The fraction of sp³-hybridized carbons (Fsp3) is 0.0769. The Bertz CT molecular complexity index is 1330. The number of aromatic hydroxyl groups is 4. The van der Waals surface area contributed by atoms with Crippen molar-refractivity contribution in [1.82, 2.24) is 0 Å². The quantitative estimate of drug-likeness (QED) is 0.0233. The number of rotatable bonds is 13. The first-order valence-corrected chi connectivity index (χ1v) is 14.9. The molecule has 2 unspecified atom stereocenters. The van der Waals surface area contributed by atoms with Crippen molar-refractivity contribution in [2.45, 2.75) is 27.0 Å². The smallest absolute Gasteiger partial charge is 0.744 e. The Morgan fingerprint density at radius 2 is 1.18 bits per heavy atom. The maximum atomic E-state index is 10.8. The van der Waals surface area contributed by atoms with E-state index >= 15 is 0 Å². The van der Waals surface area contributed by atoms with Crippen LogP contribution in [0.4, 0.5) is 0 Å². The molecule has 0 radical (unpaired) electrons. The van der Waals surface area contributed by atoms with Crippen molar-refractivity contribution < 1.29 is 171 Å². The SMILES string of the molecule is C.O=S(=O)(O)c1cc(SOOO)cc(O)c1O.O=S(=O)([O-])c1cc(SOO[O-])cc(O)c1O.O=S(OO)OS(=O)OOO.[Na+].[Na+]. The predicted molar refractivity (Wildman–Crippen MR) is 129 cm³/mol. The Kier molecular flexibility index (Phi) is 29.8. The van der Waals surface area contributed by atoms with Gasteiger partial charge in [0.25, 0.3) is 10.1 Å². The third-order valence-electron chi connectivity index (χ3n) is 3.18. The van der Waals surface area contributed by atoms with E-state index in [1.54, 1.807) is 0 Å². The minimum atomic E-state index is -4.95. The van der Waals surface area contributed by atoms with Gasteiger partial charge in [-0.05, 0) is 24.3 Å². The first kappa shape index (κ1) is 51.8. The molecule has 0 saturated carbocycles. The molecular formula is C13H16Na2O24S6. The molecule has 0 aromatic heterocycles. The summed E-state index contributed by atoms with van der Waals surface area (Å²) in [6.45, 7) is 0. The molecule has 0 amide bonds. The van der Waals surface area contributed by atoms with Gasteiger partial charge in [0.2, 0.25) is 0 Å². The summed E-state index contributed by atoms with van der Waals surface area (Å²) in [5.74, 6) is -3.67. The van der Waals surface area contributed by atoms with E-state index in [0.717, 1.165) is 24.3 Å². The number of hydrogen-bond donors (Lipinski definition) is 8. The van der Waals surface area contributed by atoms with Crippen LogP contribution in [-0.2, 0) is 79.0 Å². The molecule has 8 N–H and O–H groups in total. The zero-order valence-corrected chi connectivity index (χ0v) is 29.8. The van der Waals surface area contributed by atoms with E-state index in [-0.39, 0.29) is 88.4 Å². The average molecular weight is 795 g/mol. The third-order valence-corrected chi connectivity index (χ3v) is 7.19. The summed E-state index contributed by atoms with van der Waals surface area (Å²) in [4.78, 5) is -2.06. The van der Waals surface area contributed by atoms with Gasteiger partial charge in [-0.1, -0.05) is 21.8 Å². The van der Waals surface area contributed by atoms with Crippen LogP contribution in [-0.4, -0.2) is 70.6 Å². The van der Waals surface area contributed by atoms with Crippen molar-refractivity contribution in [2.75, 3.05) is 0 Å². The van der Waals surface area contributed by atoms with Crippen molar-refractivity contribution in [1.29, 1.82) is 0 Å². The van der Waals surface area contributed by atoms with E-state index in [4.69, 9.17) is 40.8 Å². The Balaban J connectivity index is -0.000000279. The molecule has 0 heterocycles. The molecule has 250 valence electrons. The molecule has 2 aromatic rings. The monoisotopic (exact) mass is 794 g/mol. The van der Waals surface area contributed by atoms with Crippen molar-refractivity contribution in [3.63, 3.8) is 0 Å². The number of phenols is 4. The molecule has 0 spiro atoms. The zero-order valence-electron chi connectivity index (χ0n) is 20.9. The number of benzene rings is 2. The minimum absolute atomic E-state index is 0. The largest absolute Gasteiger partial charge is 1.00 e. The van der Waals surface area contributed by atoms with Crippen molar-refractivity contribution in [2.24, 2.45) is 0 Å². The molecule has 0 aliphatic heterocycles. The molecule has 0 saturated heterocycles. The summed E-state index contributed by atoms with van der Waals surface area (Å²) in [5, 5.41) is 77.9. The standard InChI is InChI=1S/2C6H6O8S2.CH4.2Na.H2O8S2/c2*7-4-1-3(15-14-13-9)2-5(6(4)8)16(10,11)12;;;;1-5-7-10(4)8-9(3)6-2/h2*1-2,7-9H,(H,10,11,12);1H4;;;1-2H/q;;;2*+1;/p-2. The molecule has 2 atom stereocenters. The van der Waals surface area contributed by atoms with Crippen LogP contribution in [0.1, 0.15) is 7.43 Å². The maximum Gasteiger partial charge on any atom is 1.00 e. The summed E-state index contributed by atoms with van der Waals surface area (Å²) < 4.78 is 100.0. The maximum absolute atomic E-state index is 10.8. The van der Waals surface area contributed by atoms with Gasteiger partial charge in [0.1, 0.15) is 19.9 Å². The molecule has 0 aliphatic carbocycles. The van der Waals surface area contributed by atoms with Gasteiger partial charge in [-0.3, -0.25) is 9.59 Å². The molecule has 45 heavy (non-hydrogen) atoms. The van der Waals surface area contributed by atoms with Crippen LogP contribution in [0.3, 0.4) is 0 Å². The summed E-state index contributed by atoms with van der Waals surface area (Å²) in [5.41, 5.74) is 0. The van der Waals surface area contributed by atoms with Gasteiger partial charge in [-0.15, -0.1) is 12.3 Å². The topological polar surface area (TPSA) is 384 Å². The van der Waals surface area contributed by atoms with Gasteiger partial charge in [-0.25, -0.2) is 24.2 Å². The van der Waals surface area contributed by atoms with Gasteiger partial charge >= 0.3 is 81.8 Å². The predicted octanol–water partition coefficient (Wildman–Crippen LogP) is -6.28. The van der Waals surface area contributed by atoms with Crippen LogP contribution < -0.4 is 64.4 Å². The van der Waals surface area contributed by atoms with E-state index < -0.39 is 75.7 Å². The fourth-order valence-corrected chi connectivity index (χ4v) is 4.68. The van der Waals surface area contributed by atoms with E-state index in [2.05, 4.69) is 36.1 Å². The van der Waals surface area contributed by atoms with Crippen LogP contribution in [0.15, 0.2) is 43.8 Å². The Labute approximate surface area is 309 Å². The second kappa shape index (κ2) is 25.9. The molecule has 32 heteroatoms. The molecule has 0 fully saturated rings. The summed E-state index contributed by atoms with van der Waals surface area (Å²) in [7, 11) is -9.64. The van der Waals surface area contributed by atoms with Crippen molar-refractivity contribution in [3.8, 4) is 23.0 Å². The molecule has 2 rings (SSSR count). The van der Waals surface area contributed by atoms with Gasteiger partial charge in [-0.2, -0.15) is 21.2 Å². The Hall–Kier alpha value is -0.0200. The molecular weight excluding hydrogens is 779 g/mol. The first-order valence-electron chi connectivity index (χ1n) is 8.58. The van der Waals surface area contributed by atoms with Gasteiger partial charge in [0.15, 0.2) is 23.0 Å². The molecule has 0 bridgehead atoms. The van der Waals surface area contributed by atoms with Crippen molar-refractivity contribution in [3.05, 3.63) is 24.3 Å². The van der Waals surface area contributed by atoms with Crippen molar-refractivity contribution >= 4 is 67.0 Å². The van der Waals surface area contributed by atoms with Crippen LogP contribution in [0, 0.1) is 0 Å². The Morgan fingerprint density at radius 1 is 0.733 bits per heavy atom. The second-order valence-corrected chi connectivity index (χ2v) is 11.6. The minimum Gasteiger partial charge on any atom is -0.744 e. The normalized spacial score (nSPS) is 12.0. The summed E-state index contributed by atoms with van der Waals surface area (Å²) >= 11 is -4.61. The van der Waals surface area contributed by atoms with E-state index in [9.17, 15) is 35.1 Å². The summed E-state index contributed by atoms with van der Waals surface area (Å²) in [6, 6.07) is 3.36. The van der Waals surface area contributed by atoms with Crippen LogP contribution in [0.5, 0.6) is 23.0 Å². The van der Waals surface area contributed by atoms with Gasteiger partial charge < -0.3 is 30.2 Å². The average Bonchev–Trinajstić information content (AvgIpc) is 2.89.